The van der Waals surface area contributed by atoms with Crippen molar-refractivity contribution in [3.05, 3.63) is 83.7 Å². The third-order valence-electron chi connectivity index (χ3n) is 4.53. The first-order valence-electron chi connectivity index (χ1n) is 10.2. The lowest BCUT2D eigenvalue weighted by Gasteiger charge is -2.09. The van der Waals surface area contributed by atoms with Crippen LogP contribution in [0.25, 0.3) is 5.70 Å². The monoisotopic (exact) mass is 392 g/mol. The van der Waals surface area contributed by atoms with E-state index in [4.69, 9.17) is 11.5 Å². The van der Waals surface area contributed by atoms with Gasteiger partial charge in [0.1, 0.15) is 5.82 Å². The van der Waals surface area contributed by atoms with Gasteiger partial charge in [0.25, 0.3) is 5.91 Å². The Labute approximate surface area is 173 Å². The van der Waals surface area contributed by atoms with Crippen LogP contribution in [0, 0.1) is 0 Å². The maximum atomic E-state index is 12.3. The highest BCUT2D eigenvalue weighted by Gasteiger charge is 2.06. The lowest BCUT2D eigenvalue weighted by molar-refractivity contribution is 0.0953. The Hall–Kier alpha value is -3.21. The number of carbonyl (C=O) groups is 1. The Morgan fingerprint density at radius 1 is 0.897 bits per heavy atom. The Kier molecular flexibility index (Phi) is 9.36. The second-order valence-corrected chi connectivity index (χ2v) is 6.99. The SMILES string of the molecule is CCCCCCCNC(=O)c1cccc(N/C(N)=C/C=C(\N)c2ccccc2)c1. The average molecular weight is 393 g/mol. The number of unbranched alkanes of at least 4 members (excludes halogenated alkanes) is 4. The standard InChI is InChI=1S/C24H32N4O/c1-2-3-4-5-9-17-27-24(29)20-13-10-14-21(18-20)28-23(26)16-15-22(25)19-11-7-6-8-12-19/h6-8,10-16,18,28H,2-5,9,17,25-26H2,1H3,(H,27,29)/b22-15-,23-16+. The van der Waals surface area contributed by atoms with E-state index in [-0.39, 0.29) is 5.91 Å². The molecular weight excluding hydrogens is 360 g/mol. The van der Waals surface area contributed by atoms with Gasteiger partial charge in [-0.25, -0.2) is 0 Å². The maximum Gasteiger partial charge on any atom is 0.251 e. The molecule has 5 heteroatoms. The molecule has 0 radical (unpaired) electrons. The van der Waals surface area contributed by atoms with Crippen molar-refractivity contribution in [3.63, 3.8) is 0 Å². The Bertz CT molecular complexity index is 828. The van der Waals surface area contributed by atoms with E-state index in [1.165, 1.54) is 19.3 Å². The van der Waals surface area contributed by atoms with Crippen molar-refractivity contribution in [1.29, 1.82) is 0 Å². The summed E-state index contributed by atoms with van der Waals surface area (Å²) in [5, 5.41) is 6.07. The number of rotatable bonds is 11. The number of allylic oxidation sites excluding steroid dienone is 2. The molecule has 0 fully saturated rings. The van der Waals surface area contributed by atoms with Crippen molar-refractivity contribution < 1.29 is 4.79 Å². The summed E-state index contributed by atoms with van der Waals surface area (Å²) in [6.07, 6.45) is 9.32. The largest absolute Gasteiger partial charge is 0.398 e. The van der Waals surface area contributed by atoms with E-state index >= 15 is 0 Å². The van der Waals surface area contributed by atoms with Gasteiger partial charge in [-0.2, -0.15) is 0 Å². The van der Waals surface area contributed by atoms with Crippen molar-refractivity contribution >= 4 is 17.3 Å². The maximum absolute atomic E-state index is 12.3. The second-order valence-electron chi connectivity index (χ2n) is 6.99. The van der Waals surface area contributed by atoms with Crippen LogP contribution in [0.2, 0.25) is 0 Å². The predicted molar refractivity (Wildman–Crippen MR) is 122 cm³/mol. The number of benzene rings is 2. The number of nitrogens with two attached hydrogens (primary N) is 2. The first-order valence-corrected chi connectivity index (χ1v) is 10.2. The van der Waals surface area contributed by atoms with Gasteiger partial charge in [-0.1, -0.05) is 69.0 Å². The fourth-order valence-corrected chi connectivity index (χ4v) is 2.89. The minimum atomic E-state index is -0.0695. The molecule has 154 valence electrons. The zero-order valence-electron chi connectivity index (χ0n) is 17.2. The van der Waals surface area contributed by atoms with Crippen LogP contribution < -0.4 is 22.1 Å². The molecule has 2 aromatic carbocycles. The van der Waals surface area contributed by atoms with Crippen molar-refractivity contribution in [1.82, 2.24) is 5.32 Å². The van der Waals surface area contributed by atoms with E-state index in [0.717, 1.165) is 24.1 Å². The predicted octanol–water partition coefficient (Wildman–Crippen LogP) is 4.60. The van der Waals surface area contributed by atoms with Crippen molar-refractivity contribution in [2.24, 2.45) is 11.5 Å². The summed E-state index contributed by atoms with van der Waals surface area (Å²) in [5.74, 6) is 0.372. The number of carbonyl (C=O) groups excluding carboxylic acids is 1. The molecule has 0 saturated carbocycles. The molecule has 6 N–H and O–H groups in total. The Balaban J connectivity index is 1.89. The molecule has 0 unspecified atom stereocenters. The van der Waals surface area contributed by atoms with Gasteiger partial charge < -0.3 is 22.1 Å². The van der Waals surface area contributed by atoms with Gasteiger partial charge >= 0.3 is 0 Å². The lowest BCUT2D eigenvalue weighted by atomic mass is 10.1. The summed E-state index contributed by atoms with van der Waals surface area (Å²) < 4.78 is 0. The van der Waals surface area contributed by atoms with Gasteiger partial charge in [0.15, 0.2) is 0 Å². The smallest absolute Gasteiger partial charge is 0.251 e. The molecule has 0 bridgehead atoms. The highest BCUT2D eigenvalue weighted by atomic mass is 16.1. The topological polar surface area (TPSA) is 93.2 Å². The summed E-state index contributed by atoms with van der Waals surface area (Å²) in [5.41, 5.74) is 15.0. The van der Waals surface area contributed by atoms with E-state index in [0.29, 0.717) is 23.6 Å². The normalized spacial score (nSPS) is 11.9. The van der Waals surface area contributed by atoms with Gasteiger partial charge in [-0.3, -0.25) is 4.79 Å². The first kappa shape index (κ1) is 22.1. The van der Waals surface area contributed by atoms with Gasteiger partial charge in [0, 0.05) is 23.5 Å². The first-order chi connectivity index (χ1) is 14.1. The van der Waals surface area contributed by atoms with E-state index in [9.17, 15) is 4.79 Å². The van der Waals surface area contributed by atoms with E-state index < -0.39 is 0 Å². The summed E-state index contributed by atoms with van der Waals surface area (Å²) >= 11 is 0. The molecule has 1 amide bonds. The summed E-state index contributed by atoms with van der Waals surface area (Å²) in [4.78, 5) is 12.3. The highest BCUT2D eigenvalue weighted by molar-refractivity contribution is 5.95. The quantitative estimate of drug-likeness (QED) is 0.332. The highest BCUT2D eigenvalue weighted by Crippen LogP contribution is 2.13. The van der Waals surface area contributed by atoms with Crippen LogP contribution in [0.1, 0.15) is 54.9 Å². The molecule has 2 rings (SSSR count). The number of anilines is 1. The molecule has 0 aliphatic heterocycles. The minimum absolute atomic E-state index is 0.0695. The van der Waals surface area contributed by atoms with E-state index in [2.05, 4.69) is 17.6 Å². The van der Waals surface area contributed by atoms with Crippen molar-refractivity contribution in [2.75, 3.05) is 11.9 Å². The molecule has 0 spiro atoms. The molecule has 29 heavy (non-hydrogen) atoms. The minimum Gasteiger partial charge on any atom is -0.398 e. The van der Waals surface area contributed by atoms with Gasteiger partial charge in [-0.15, -0.1) is 0 Å². The van der Waals surface area contributed by atoms with Crippen LogP contribution in [0.4, 0.5) is 5.69 Å². The van der Waals surface area contributed by atoms with Gasteiger partial charge in [0.05, 0.1) is 0 Å². The van der Waals surface area contributed by atoms with Crippen molar-refractivity contribution in [2.45, 2.75) is 39.0 Å². The van der Waals surface area contributed by atoms with Gasteiger partial charge in [0.2, 0.25) is 0 Å². The number of amides is 1. The molecule has 2 aromatic rings. The van der Waals surface area contributed by atoms with Crippen LogP contribution in [-0.4, -0.2) is 12.5 Å². The van der Waals surface area contributed by atoms with Crippen LogP contribution in [0.3, 0.4) is 0 Å². The fraction of sp³-hybridized carbons (Fsp3) is 0.292. The molecular formula is C24H32N4O. The summed E-state index contributed by atoms with van der Waals surface area (Å²) in [6, 6.07) is 17.0. The fourth-order valence-electron chi connectivity index (χ4n) is 2.89. The summed E-state index contributed by atoms with van der Waals surface area (Å²) in [6.45, 7) is 2.89. The average Bonchev–Trinajstić information content (AvgIpc) is 2.75. The summed E-state index contributed by atoms with van der Waals surface area (Å²) in [7, 11) is 0. The number of nitrogens with one attached hydrogen (secondary N) is 2. The van der Waals surface area contributed by atoms with Gasteiger partial charge in [-0.05, 0) is 42.3 Å². The lowest BCUT2D eigenvalue weighted by Crippen LogP contribution is -2.24. The number of hydrogen-bond acceptors (Lipinski definition) is 4. The third kappa shape index (κ3) is 8.13. The Morgan fingerprint density at radius 2 is 1.62 bits per heavy atom. The zero-order chi connectivity index (χ0) is 20.9. The van der Waals surface area contributed by atoms with Crippen molar-refractivity contribution in [3.8, 4) is 0 Å². The van der Waals surface area contributed by atoms with Crippen LogP contribution in [0.5, 0.6) is 0 Å². The second kappa shape index (κ2) is 12.3. The molecule has 0 aliphatic rings. The molecule has 0 saturated heterocycles. The molecule has 5 nitrogen and oxygen atoms in total. The van der Waals surface area contributed by atoms with Crippen LogP contribution in [-0.2, 0) is 0 Å². The van der Waals surface area contributed by atoms with E-state index in [1.54, 1.807) is 24.3 Å². The molecule has 0 aromatic heterocycles. The molecule has 0 atom stereocenters. The molecule has 0 heterocycles. The Morgan fingerprint density at radius 3 is 2.38 bits per heavy atom. The van der Waals surface area contributed by atoms with E-state index in [1.807, 2.05) is 42.5 Å². The molecule has 0 aliphatic carbocycles. The van der Waals surface area contributed by atoms with Crippen LogP contribution >= 0.6 is 0 Å². The third-order valence-corrected chi connectivity index (χ3v) is 4.53. The number of hydrogen-bond donors (Lipinski definition) is 4. The van der Waals surface area contributed by atoms with Crippen LogP contribution in [0.15, 0.2) is 72.6 Å². The zero-order valence-corrected chi connectivity index (χ0v) is 17.2.